The molecule has 1 fully saturated rings. The summed E-state index contributed by atoms with van der Waals surface area (Å²) in [5.74, 6) is -0.682. The molecule has 0 atom stereocenters. The van der Waals surface area contributed by atoms with Gasteiger partial charge in [-0.25, -0.2) is 9.69 Å². The maximum Gasteiger partial charge on any atom is 0.335 e. The summed E-state index contributed by atoms with van der Waals surface area (Å²) in [6, 6.07) is 19.1. The van der Waals surface area contributed by atoms with Gasteiger partial charge in [0.1, 0.15) is 29.4 Å². The standard InChI is InChI=1S/C25H20N2O6/c1-32-20-12-7-17(22(14-20)33-15-16-5-3-2-4-6-16)13-21-23(29)26-25(31)27(24(21)30)18-8-10-19(28)11-9-18/h2-14,28H,15H2,1H3,(H,26,29,31)/b21-13+. The monoisotopic (exact) mass is 444 g/mol. The van der Waals surface area contributed by atoms with Gasteiger partial charge in [0.25, 0.3) is 11.8 Å². The van der Waals surface area contributed by atoms with E-state index in [0.717, 1.165) is 10.5 Å². The van der Waals surface area contributed by atoms with E-state index in [2.05, 4.69) is 5.32 Å². The number of aromatic hydroxyl groups is 1. The molecule has 0 bridgehead atoms. The highest BCUT2D eigenvalue weighted by Crippen LogP contribution is 2.30. The minimum Gasteiger partial charge on any atom is -0.508 e. The SMILES string of the molecule is COc1ccc(/C=C2\C(=O)NC(=O)N(c3ccc(O)cc3)C2=O)c(OCc2ccccc2)c1. The molecular weight excluding hydrogens is 424 g/mol. The van der Waals surface area contributed by atoms with E-state index in [1.54, 1.807) is 18.2 Å². The Kier molecular flexibility index (Phi) is 6.08. The highest BCUT2D eigenvalue weighted by atomic mass is 16.5. The third-order valence-electron chi connectivity index (χ3n) is 4.97. The zero-order valence-electron chi connectivity index (χ0n) is 17.6. The van der Waals surface area contributed by atoms with E-state index in [-0.39, 0.29) is 23.6 Å². The Morgan fingerprint density at radius 3 is 2.39 bits per heavy atom. The van der Waals surface area contributed by atoms with E-state index in [9.17, 15) is 19.5 Å². The zero-order chi connectivity index (χ0) is 23.4. The molecule has 0 unspecified atom stereocenters. The van der Waals surface area contributed by atoms with Crippen molar-refractivity contribution in [2.45, 2.75) is 6.61 Å². The first-order valence-corrected chi connectivity index (χ1v) is 10.0. The van der Waals surface area contributed by atoms with Gasteiger partial charge in [0.15, 0.2) is 0 Å². The van der Waals surface area contributed by atoms with Gasteiger partial charge >= 0.3 is 6.03 Å². The number of barbiturate groups is 1. The molecule has 166 valence electrons. The highest BCUT2D eigenvalue weighted by Gasteiger charge is 2.37. The van der Waals surface area contributed by atoms with Crippen molar-refractivity contribution in [2.24, 2.45) is 0 Å². The van der Waals surface area contributed by atoms with Crippen molar-refractivity contribution < 1.29 is 29.0 Å². The average molecular weight is 444 g/mol. The number of amides is 4. The third kappa shape index (κ3) is 4.69. The Balaban J connectivity index is 1.68. The predicted molar refractivity (Wildman–Crippen MR) is 121 cm³/mol. The number of carbonyl (C=O) groups is 3. The summed E-state index contributed by atoms with van der Waals surface area (Å²) in [5, 5.41) is 11.7. The number of carbonyl (C=O) groups excluding carboxylic acids is 3. The number of ether oxygens (including phenoxy) is 2. The van der Waals surface area contributed by atoms with Gasteiger partial charge < -0.3 is 14.6 Å². The number of hydrogen-bond acceptors (Lipinski definition) is 6. The molecule has 1 aliphatic rings. The number of phenols is 1. The molecule has 1 aliphatic heterocycles. The van der Waals surface area contributed by atoms with Crippen LogP contribution in [0.4, 0.5) is 10.5 Å². The van der Waals surface area contributed by atoms with Gasteiger partial charge in [-0.15, -0.1) is 0 Å². The second kappa shape index (κ2) is 9.27. The van der Waals surface area contributed by atoms with Crippen LogP contribution in [0, 0.1) is 0 Å². The van der Waals surface area contributed by atoms with Crippen molar-refractivity contribution in [3.63, 3.8) is 0 Å². The number of benzene rings is 3. The molecule has 1 heterocycles. The molecule has 1 saturated heterocycles. The Morgan fingerprint density at radius 2 is 1.70 bits per heavy atom. The van der Waals surface area contributed by atoms with E-state index in [0.29, 0.717) is 17.1 Å². The molecule has 3 aromatic carbocycles. The fourth-order valence-electron chi connectivity index (χ4n) is 3.27. The highest BCUT2D eigenvalue weighted by molar-refractivity contribution is 6.39. The third-order valence-corrected chi connectivity index (χ3v) is 4.97. The molecule has 0 spiro atoms. The molecule has 0 aliphatic carbocycles. The van der Waals surface area contributed by atoms with Crippen molar-refractivity contribution in [2.75, 3.05) is 12.0 Å². The number of methoxy groups -OCH3 is 1. The van der Waals surface area contributed by atoms with Crippen LogP contribution in [0.2, 0.25) is 0 Å². The number of nitrogens with one attached hydrogen (secondary N) is 1. The number of rotatable bonds is 6. The summed E-state index contributed by atoms with van der Waals surface area (Å²) >= 11 is 0. The molecule has 4 amide bonds. The number of urea groups is 1. The Hall–Kier alpha value is -4.59. The maximum absolute atomic E-state index is 13.1. The van der Waals surface area contributed by atoms with Crippen LogP contribution in [-0.4, -0.2) is 30.1 Å². The number of imide groups is 2. The molecule has 2 N–H and O–H groups in total. The largest absolute Gasteiger partial charge is 0.508 e. The number of phenolic OH excluding ortho intramolecular Hbond substituents is 1. The molecule has 0 saturated carbocycles. The predicted octanol–water partition coefficient (Wildman–Crippen LogP) is 3.65. The van der Waals surface area contributed by atoms with E-state index in [1.807, 2.05) is 30.3 Å². The summed E-state index contributed by atoms with van der Waals surface area (Å²) in [4.78, 5) is 38.8. The topological polar surface area (TPSA) is 105 Å². The van der Waals surface area contributed by atoms with Crippen LogP contribution in [-0.2, 0) is 16.2 Å². The first-order chi connectivity index (χ1) is 16.0. The first-order valence-electron chi connectivity index (χ1n) is 10.0. The Morgan fingerprint density at radius 1 is 0.970 bits per heavy atom. The molecule has 8 heteroatoms. The molecule has 33 heavy (non-hydrogen) atoms. The average Bonchev–Trinajstić information content (AvgIpc) is 2.82. The van der Waals surface area contributed by atoms with Crippen molar-refractivity contribution in [3.05, 3.63) is 89.5 Å². The normalized spacial score (nSPS) is 14.9. The van der Waals surface area contributed by atoms with Gasteiger partial charge in [0.05, 0.1) is 12.8 Å². The van der Waals surface area contributed by atoms with E-state index < -0.39 is 17.8 Å². The summed E-state index contributed by atoms with van der Waals surface area (Å²) in [5.41, 5.74) is 1.38. The van der Waals surface area contributed by atoms with Gasteiger partial charge in [-0.1, -0.05) is 30.3 Å². The Bertz CT molecular complexity index is 1240. The smallest absolute Gasteiger partial charge is 0.335 e. The van der Waals surface area contributed by atoms with Crippen molar-refractivity contribution >= 4 is 29.6 Å². The molecule has 0 aromatic heterocycles. The summed E-state index contributed by atoms with van der Waals surface area (Å²) in [7, 11) is 1.52. The summed E-state index contributed by atoms with van der Waals surface area (Å²) < 4.78 is 11.2. The van der Waals surface area contributed by atoms with Crippen molar-refractivity contribution in [1.82, 2.24) is 5.32 Å². The van der Waals surface area contributed by atoms with Gasteiger partial charge in [0.2, 0.25) is 0 Å². The first kappa shape index (κ1) is 21.6. The molecule has 3 aromatic rings. The second-order valence-electron chi connectivity index (χ2n) is 7.15. The molecule has 4 rings (SSSR count). The number of anilines is 1. The van der Waals surface area contributed by atoms with Gasteiger partial charge in [-0.05, 0) is 48.0 Å². The Labute approximate surface area is 189 Å². The van der Waals surface area contributed by atoms with Gasteiger partial charge in [-0.2, -0.15) is 0 Å². The van der Waals surface area contributed by atoms with Crippen LogP contribution in [0.15, 0.2) is 78.4 Å². The van der Waals surface area contributed by atoms with Crippen molar-refractivity contribution in [1.29, 1.82) is 0 Å². The van der Waals surface area contributed by atoms with Crippen LogP contribution in [0.3, 0.4) is 0 Å². The van der Waals surface area contributed by atoms with Crippen LogP contribution in [0.5, 0.6) is 17.2 Å². The molecular formula is C25H20N2O6. The van der Waals surface area contributed by atoms with Crippen LogP contribution >= 0.6 is 0 Å². The summed E-state index contributed by atoms with van der Waals surface area (Å²) in [6.07, 6.45) is 1.37. The lowest BCUT2D eigenvalue weighted by Crippen LogP contribution is -2.54. The fraction of sp³-hybridized carbons (Fsp3) is 0.0800. The van der Waals surface area contributed by atoms with E-state index in [1.165, 1.54) is 37.5 Å². The van der Waals surface area contributed by atoms with E-state index >= 15 is 0 Å². The minimum atomic E-state index is -0.872. The molecule has 8 nitrogen and oxygen atoms in total. The van der Waals surface area contributed by atoms with E-state index in [4.69, 9.17) is 9.47 Å². The lowest BCUT2D eigenvalue weighted by molar-refractivity contribution is -0.122. The lowest BCUT2D eigenvalue weighted by Gasteiger charge is -2.26. The van der Waals surface area contributed by atoms with Gasteiger partial charge in [0, 0.05) is 11.6 Å². The minimum absolute atomic E-state index is 0.0195. The van der Waals surface area contributed by atoms with Gasteiger partial charge in [-0.3, -0.25) is 14.9 Å². The quantitative estimate of drug-likeness (QED) is 0.444. The van der Waals surface area contributed by atoms with Crippen LogP contribution in [0.1, 0.15) is 11.1 Å². The van der Waals surface area contributed by atoms with Crippen LogP contribution in [0.25, 0.3) is 6.08 Å². The second-order valence-corrected chi connectivity index (χ2v) is 7.15. The lowest BCUT2D eigenvalue weighted by atomic mass is 10.1. The maximum atomic E-state index is 13.1. The summed E-state index contributed by atoms with van der Waals surface area (Å²) in [6.45, 7) is 0.266. The van der Waals surface area contributed by atoms with Crippen LogP contribution < -0.4 is 19.7 Å². The molecule has 0 radical (unpaired) electrons. The van der Waals surface area contributed by atoms with Crippen molar-refractivity contribution in [3.8, 4) is 17.2 Å². The zero-order valence-corrected chi connectivity index (χ0v) is 17.6. The number of nitrogens with zero attached hydrogens (tertiary/aromatic N) is 1. The number of hydrogen-bond donors (Lipinski definition) is 2. The fourth-order valence-corrected chi connectivity index (χ4v) is 3.27.